The monoisotopic (exact) mass is 185 g/mol. The van der Waals surface area contributed by atoms with Crippen LogP contribution in [0.25, 0.3) is 0 Å². The van der Waals surface area contributed by atoms with Gasteiger partial charge in [-0.3, -0.25) is 0 Å². The Labute approximate surface area is 75.1 Å². The summed E-state index contributed by atoms with van der Waals surface area (Å²) in [6.07, 6.45) is 1.89. The molecule has 0 rings (SSSR count). The van der Waals surface area contributed by atoms with Gasteiger partial charge in [-0.1, -0.05) is 0 Å². The highest BCUT2D eigenvalue weighted by atomic mass is 15.2. The van der Waals surface area contributed by atoms with Crippen LogP contribution >= 0.6 is 0 Å². The Morgan fingerprint density at radius 1 is 1.15 bits per heavy atom. The Hall–Kier alpha value is -2.37. The van der Waals surface area contributed by atoms with Crippen LogP contribution in [0.4, 0.5) is 0 Å². The van der Waals surface area contributed by atoms with Crippen molar-refractivity contribution in [3.8, 4) is 6.07 Å². The molecule has 0 aliphatic rings. The fraction of sp³-hybridized carbons (Fsp3) is 0.250. The topological polar surface area (TPSA) is 173 Å². The molecule has 0 fully saturated rings. The number of hydrogen-bond acceptors (Lipinski definition) is 7. The van der Waals surface area contributed by atoms with Crippen molar-refractivity contribution >= 4 is 12.7 Å². The maximum atomic E-state index is 7.32. The van der Waals surface area contributed by atoms with Crippen LogP contribution in [-0.2, 0) is 0 Å². The minimum Gasteiger partial charge on any atom is -0.322 e. The molecule has 0 aromatic heterocycles. The third-order valence-electron chi connectivity index (χ3n) is 0.249. The maximum absolute atomic E-state index is 7.32. The average Bonchev–Trinajstić information content (AvgIpc) is 2.09. The minimum atomic E-state index is 0.944. The van der Waals surface area contributed by atoms with Crippen molar-refractivity contribution in [3.63, 3.8) is 0 Å². The van der Waals surface area contributed by atoms with Crippen molar-refractivity contribution in [2.75, 3.05) is 0 Å². The van der Waals surface area contributed by atoms with Crippen molar-refractivity contribution < 1.29 is 0 Å². The van der Waals surface area contributed by atoms with E-state index in [1.807, 2.05) is 0 Å². The summed E-state index contributed by atoms with van der Waals surface area (Å²) in [5, 5.41) is 18.4. The predicted octanol–water partition coefficient (Wildman–Crippen LogP) is 0.369. The summed E-state index contributed by atoms with van der Waals surface area (Å²) in [5.74, 6) is 8.99. The number of nitrogens with one attached hydrogen (secondary N) is 2. The van der Waals surface area contributed by atoms with Crippen LogP contribution in [0.5, 0.6) is 0 Å². The fourth-order valence-electron chi connectivity index (χ4n) is 0.0667. The first kappa shape index (κ1) is 16.9. The van der Waals surface area contributed by atoms with E-state index in [1.54, 1.807) is 6.07 Å². The molecule has 0 aromatic rings. The second-order valence-corrected chi connectivity index (χ2v) is 1.01. The molecule has 0 radical (unpaired) electrons. The smallest absolute Gasteiger partial charge is 0.156 e. The molecule has 13 heavy (non-hydrogen) atoms. The normalized spacial score (nSPS) is 7.38. The van der Waals surface area contributed by atoms with Gasteiger partial charge < -0.3 is 11.7 Å². The number of hydrazone groups is 2. The summed E-state index contributed by atoms with van der Waals surface area (Å²) >= 11 is 0. The lowest BCUT2D eigenvalue weighted by Crippen LogP contribution is -1.75. The van der Waals surface area contributed by atoms with Gasteiger partial charge in [0.05, 0.1) is 6.07 Å². The van der Waals surface area contributed by atoms with E-state index >= 15 is 0 Å². The lowest BCUT2D eigenvalue weighted by molar-refractivity contribution is 1.17. The van der Waals surface area contributed by atoms with E-state index in [-0.39, 0.29) is 0 Å². The molecule has 72 valence electrons. The average molecular weight is 185 g/mol. The predicted molar refractivity (Wildman–Crippen MR) is 46.9 cm³/mol. The van der Waals surface area contributed by atoms with Gasteiger partial charge in [0, 0.05) is 6.92 Å². The van der Waals surface area contributed by atoms with Crippen molar-refractivity contribution in [2.24, 2.45) is 32.1 Å². The van der Waals surface area contributed by atoms with E-state index in [4.69, 9.17) is 16.3 Å². The number of nitrogens with two attached hydrogens (primary N) is 2. The summed E-state index contributed by atoms with van der Waals surface area (Å²) in [6, 6.07) is 1.75. The SMILES string of the molecule is CC#N.N=NC=NN.N=NC=NN. The molecule has 0 bridgehead atoms. The molecule has 9 nitrogen and oxygen atoms in total. The molecule has 0 heterocycles. The van der Waals surface area contributed by atoms with Crippen molar-refractivity contribution in [3.05, 3.63) is 0 Å². The van der Waals surface area contributed by atoms with E-state index in [9.17, 15) is 0 Å². The van der Waals surface area contributed by atoms with Crippen LogP contribution in [0.15, 0.2) is 20.4 Å². The highest BCUT2D eigenvalue weighted by molar-refractivity contribution is 5.53. The summed E-state index contributed by atoms with van der Waals surface area (Å²) in [4.78, 5) is 0. The van der Waals surface area contributed by atoms with Gasteiger partial charge in [0.2, 0.25) is 0 Å². The van der Waals surface area contributed by atoms with Gasteiger partial charge in [-0.2, -0.15) is 15.5 Å². The Balaban J connectivity index is -0.000000120. The molecule has 0 atom stereocenters. The molecule has 6 N–H and O–H groups in total. The van der Waals surface area contributed by atoms with Gasteiger partial charge >= 0.3 is 0 Å². The van der Waals surface area contributed by atoms with Crippen LogP contribution in [0, 0.1) is 22.4 Å². The van der Waals surface area contributed by atoms with Crippen LogP contribution < -0.4 is 11.7 Å². The van der Waals surface area contributed by atoms with Crippen LogP contribution in [0.3, 0.4) is 0 Å². The molecule has 0 aromatic carbocycles. The van der Waals surface area contributed by atoms with Crippen LogP contribution in [0.2, 0.25) is 0 Å². The first-order valence-corrected chi connectivity index (χ1v) is 2.72. The van der Waals surface area contributed by atoms with Gasteiger partial charge in [0.15, 0.2) is 12.7 Å². The van der Waals surface area contributed by atoms with E-state index in [0.717, 1.165) is 12.7 Å². The summed E-state index contributed by atoms with van der Waals surface area (Å²) in [6.45, 7) is 1.43. The molecule has 0 saturated heterocycles. The second kappa shape index (κ2) is 33.5. The highest BCUT2D eigenvalue weighted by Crippen LogP contribution is 1.45. The largest absolute Gasteiger partial charge is 0.322 e. The molecular weight excluding hydrogens is 174 g/mol. The maximum Gasteiger partial charge on any atom is 0.156 e. The molecule has 0 aliphatic heterocycles. The van der Waals surface area contributed by atoms with Gasteiger partial charge in [-0.15, -0.1) is 10.2 Å². The van der Waals surface area contributed by atoms with E-state index in [0.29, 0.717) is 0 Å². The van der Waals surface area contributed by atoms with Gasteiger partial charge in [-0.25, -0.2) is 11.1 Å². The quantitative estimate of drug-likeness (QED) is 0.160. The minimum absolute atomic E-state index is 0.944. The summed E-state index contributed by atoms with van der Waals surface area (Å²) in [7, 11) is 0. The zero-order chi connectivity index (χ0) is 10.9. The van der Waals surface area contributed by atoms with Crippen LogP contribution in [0.1, 0.15) is 6.92 Å². The van der Waals surface area contributed by atoms with E-state index < -0.39 is 0 Å². The third kappa shape index (κ3) is 211. The summed E-state index contributed by atoms with van der Waals surface area (Å²) < 4.78 is 0. The molecular formula is C4H11N9. The standard InChI is InChI=1S/C2H3N.2CH4N4/c1-2-3;2*2-4-1-5-3/h1H3;2*1-2H,3H2. The van der Waals surface area contributed by atoms with Crippen molar-refractivity contribution in [1.29, 1.82) is 16.3 Å². The van der Waals surface area contributed by atoms with Gasteiger partial charge in [-0.05, 0) is 0 Å². The molecule has 0 spiro atoms. The van der Waals surface area contributed by atoms with Gasteiger partial charge in [0.1, 0.15) is 0 Å². The van der Waals surface area contributed by atoms with Crippen molar-refractivity contribution in [2.45, 2.75) is 6.92 Å². The first-order valence-electron chi connectivity index (χ1n) is 2.72. The van der Waals surface area contributed by atoms with Crippen molar-refractivity contribution in [1.82, 2.24) is 0 Å². The highest BCUT2D eigenvalue weighted by Gasteiger charge is 1.44. The van der Waals surface area contributed by atoms with E-state index in [1.165, 1.54) is 6.92 Å². The van der Waals surface area contributed by atoms with Crippen LogP contribution in [-0.4, -0.2) is 12.7 Å². The second-order valence-electron chi connectivity index (χ2n) is 1.01. The van der Waals surface area contributed by atoms with Gasteiger partial charge in [0.25, 0.3) is 0 Å². The Morgan fingerprint density at radius 2 is 1.38 bits per heavy atom. The first-order chi connectivity index (χ1) is 6.24. The molecule has 0 aliphatic carbocycles. The number of nitrogens with zero attached hydrogens (tertiary/aromatic N) is 5. The molecule has 9 heteroatoms. The Morgan fingerprint density at radius 3 is 1.38 bits per heavy atom. The molecule has 0 unspecified atom stereocenters. The fourth-order valence-corrected chi connectivity index (χ4v) is 0.0667. The Bertz CT molecular complexity index is 170. The number of hydrogen-bond donors (Lipinski definition) is 4. The summed E-state index contributed by atoms with van der Waals surface area (Å²) in [5.41, 5.74) is 12.0. The zero-order valence-corrected chi connectivity index (χ0v) is 7.05. The Kier molecular flexibility index (Phi) is 43.6. The van der Waals surface area contributed by atoms with E-state index in [2.05, 4.69) is 32.1 Å². The molecule has 0 saturated carbocycles. The zero-order valence-electron chi connectivity index (χ0n) is 7.05. The third-order valence-corrected chi connectivity index (χ3v) is 0.249. The lowest BCUT2D eigenvalue weighted by atomic mass is 11.0. The number of nitriles is 1. The number of rotatable bonds is 2. The lowest BCUT2D eigenvalue weighted by Gasteiger charge is -1.58. The molecule has 0 amide bonds.